The standard InChI is InChI=1S/C47H29N3O/c1-2-13-31(14-3-1)36-26-27-41(38-19-7-6-18-37(36)38)46-48-45(35-17-10-16-33(29-35)34-25-24-30-12-4-5-15-32(30)28-34)49-47(50-46)42-22-11-21-40-39-20-8-9-23-43(39)51-44(40)42/h1-29H. The molecule has 238 valence electrons. The van der Waals surface area contributed by atoms with Crippen LogP contribution in [0.3, 0.4) is 0 Å². The van der Waals surface area contributed by atoms with Crippen molar-refractivity contribution in [3.63, 3.8) is 0 Å². The molecular weight excluding hydrogens is 623 g/mol. The normalized spacial score (nSPS) is 11.5. The van der Waals surface area contributed by atoms with Crippen molar-refractivity contribution >= 4 is 43.5 Å². The van der Waals surface area contributed by atoms with Crippen LogP contribution in [0.25, 0.3) is 99.9 Å². The molecule has 4 heteroatoms. The summed E-state index contributed by atoms with van der Waals surface area (Å²) in [7, 11) is 0. The molecule has 2 heterocycles. The highest BCUT2D eigenvalue weighted by atomic mass is 16.3. The fourth-order valence-corrected chi connectivity index (χ4v) is 7.24. The smallest absolute Gasteiger partial charge is 0.167 e. The molecule has 0 aliphatic rings. The summed E-state index contributed by atoms with van der Waals surface area (Å²) in [4.78, 5) is 15.6. The van der Waals surface area contributed by atoms with Gasteiger partial charge in [0.15, 0.2) is 17.5 Å². The van der Waals surface area contributed by atoms with Crippen molar-refractivity contribution < 1.29 is 4.42 Å². The highest BCUT2D eigenvalue weighted by molar-refractivity contribution is 6.09. The number of para-hydroxylation sites is 2. The van der Waals surface area contributed by atoms with Gasteiger partial charge >= 0.3 is 0 Å². The van der Waals surface area contributed by atoms with E-state index in [2.05, 4.69) is 140 Å². The first-order valence-electron chi connectivity index (χ1n) is 17.1. The van der Waals surface area contributed by atoms with Crippen molar-refractivity contribution in [2.75, 3.05) is 0 Å². The number of benzene rings is 8. The number of nitrogens with zero attached hydrogens (tertiary/aromatic N) is 3. The largest absolute Gasteiger partial charge is 0.455 e. The number of hydrogen-bond acceptors (Lipinski definition) is 4. The van der Waals surface area contributed by atoms with Crippen LogP contribution in [0.1, 0.15) is 0 Å². The molecule has 0 bridgehead atoms. The minimum atomic E-state index is 0.562. The molecule has 0 N–H and O–H groups in total. The van der Waals surface area contributed by atoms with Crippen LogP contribution in [0.5, 0.6) is 0 Å². The molecule has 0 atom stereocenters. The highest BCUT2D eigenvalue weighted by Crippen LogP contribution is 2.38. The zero-order valence-electron chi connectivity index (χ0n) is 27.5. The van der Waals surface area contributed by atoms with E-state index < -0.39 is 0 Å². The Morgan fingerprint density at radius 3 is 1.76 bits per heavy atom. The van der Waals surface area contributed by atoms with Gasteiger partial charge in [-0.15, -0.1) is 0 Å². The molecule has 0 unspecified atom stereocenters. The lowest BCUT2D eigenvalue weighted by molar-refractivity contribution is 0.669. The third-order valence-corrected chi connectivity index (χ3v) is 9.73. The first-order valence-corrected chi connectivity index (χ1v) is 17.1. The minimum Gasteiger partial charge on any atom is -0.455 e. The third-order valence-electron chi connectivity index (χ3n) is 9.73. The van der Waals surface area contributed by atoms with E-state index in [1.165, 1.54) is 21.9 Å². The predicted octanol–water partition coefficient (Wildman–Crippen LogP) is 12.4. The lowest BCUT2D eigenvalue weighted by atomic mass is 9.94. The van der Waals surface area contributed by atoms with Gasteiger partial charge in [0.2, 0.25) is 0 Å². The van der Waals surface area contributed by atoms with Crippen molar-refractivity contribution in [2.45, 2.75) is 0 Å². The Labute approximate surface area is 294 Å². The van der Waals surface area contributed by atoms with Gasteiger partial charge in [-0.2, -0.15) is 0 Å². The number of hydrogen-bond donors (Lipinski definition) is 0. The van der Waals surface area contributed by atoms with Crippen molar-refractivity contribution in [3.8, 4) is 56.4 Å². The van der Waals surface area contributed by atoms with E-state index in [-0.39, 0.29) is 0 Å². The lowest BCUT2D eigenvalue weighted by Crippen LogP contribution is -2.01. The maximum Gasteiger partial charge on any atom is 0.167 e. The summed E-state index contributed by atoms with van der Waals surface area (Å²) in [5, 5.41) is 6.73. The molecule has 0 radical (unpaired) electrons. The number of fused-ring (bicyclic) bond motifs is 5. The highest BCUT2D eigenvalue weighted by Gasteiger charge is 2.19. The van der Waals surface area contributed by atoms with Crippen molar-refractivity contribution in [1.29, 1.82) is 0 Å². The quantitative estimate of drug-likeness (QED) is 0.186. The Balaban J connectivity index is 1.20. The molecule has 0 aliphatic carbocycles. The van der Waals surface area contributed by atoms with E-state index in [1.54, 1.807) is 0 Å². The molecule has 0 aliphatic heterocycles. The molecule has 0 saturated heterocycles. The fourth-order valence-electron chi connectivity index (χ4n) is 7.24. The van der Waals surface area contributed by atoms with Gasteiger partial charge in [0.05, 0.1) is 5.56 Å². The molecule has 10 rings (SSSR count). The second-order valence-electron chi connectivity index (χ2n) is 12.8. The Morgan fingerprint density at radius 2 is 0.902 bits per heavy atom. The summed E-state index contributed by atoms with van der Waals surface area (Å²) >= 11 is 0. The second-order valence-corrected chi connectivity index (χ2v) is 12.8. The summed E-state index contributed by atoms with van der Waals surface area (Å²) in [6.45, 7) is 0. The Morgan fingerprint density at radius 1 is 0.314 bits per heavy atom. The van der Waals surface area contributed by atoms with Gasteiger partial charge in [0.25, 0.3) is 0 Å². The van der Waals surface area contributed by atoms with Crippen LogP contribution in [0.15, 0.2) is 180 Å². The van der Waals surface area contributed by atoms with Gasteiger partial charge < -0.3 is 4.42 Å². The Bertz CT molecular complexity index is 2930. The summed E-state index contributed by atoms with van der Waals surface area (Å²) in [6.07, 6.45) is 0. The van der Waals surface area contributed by atoms with Crippen LogP contribution >= 0.6 is 0 Å². The monoisotopic (exact) mass is 651 g/mol. The summed E-state index contributed by atoms with van der Waals surface area (Å²) < 4.78 is 6.48. The van der Waals surface area contributed by atoms with Gasteiger partial charge in [-0.25, -0.2) is 15.0 Å². The molecule has 4 nitrogen and oxygen atoms in total. The van der Waals surface area contributed by atoms with E-state index in [4.69, 9.17) is 19.4 Å². The van der Waals surface area contributed by atoms with E-state index in [0.29, 0.717) is 17.5 Å². The first kappa shape index (κ1) is 29.0. The van der Waals surface area contributed by atoms with Gasteiger partial charge in [-0.05, 0) is 74.1 Å². The fraction of sp³-hybridized carbons (Fsp3) is 0. The summed E-state index contributed by atoms with van der Waals surface area (Å²) in [5.74, 6) is 1.77. The average Bonchev–Trinajstić information content (AvgIpc) is 3.59. The van der Waals surface area contributed by atoms with Gasteiger partial charge in [0.1, 0.15) is 11.2 Å². The molecule has 0 saturated carbocycles. The van der Waals surface area contributed by atoms with Crippen LogP contribution in [0.4, 0.5) is 0 Å². The van der Waals surface area contributed by atoms with E-state index in [9.17, 15) is 0 Å². The molecular formula is C47H29N3O. The topological polar surface area (TPSA) is 51.8 Å². The zero-order chi connectivity index (χ0) is 33.7. The zero-order valence-corrected chi connectivity index (χ0v) is 27.5. The average molecular weight is 652 g/mol. The van der Waals surface area contributed by atoms with Crippen LogP contribution < -0.4 is 0 Å². The SMILES string of the molecule is c1ccc(-c2ccc(-c3nc(-c4cccc(-c5ccc6ccccc6c5)c4)nc(-c4cccc5c4oc4ccccc45)n3)c3ccccc23)cc1. The number of furan rings is 1. The van der Waals surface area contributed by atoms with Crippen LogP contribution in [-0.4, -0.2) is 15.0 Å². The van der Waals surface area contributed by atoms with Gasteiger partial charge in [-0.1, -0.05) is 146 Å². The third kappa shape index (κ3) is 5.04. The van der Waals surface area contributed by atoms with E-state index in [1.807, 2.05) is 36.4 Å². The molecule has 8 aromatic carbocycles. The lowest BCUT2D eigenvalue weighted by Gasteiger charge is -2.13. The number of rotatable bonds is 5. The summed E-state index contributed by atoms with van der Waals surface area (Å²) in [5.41, 5.74) is 8.84. The molecule has 0 fully saturated rings. The molecule has 0 amide bonds. The Kier molecular flexibility index (Phi) is 6.78. The predicted molar refractivity (Wildman–Crippen MR) is 209 cm³/mol. The van der Waals surface area contributed by atoms with Crippen LogP contribution in [-0.2, 0) is 0 Å². The molecule has 0 spiro atoms. The van der Waals surface area contributed by atoms with Crippen LogP contribution in [0, 0.1) is 0 Å². The maximum atomic E-state index is 6.48. The van der Waals surface area contributed by atoms with Crippen molar-refractivity contribution in [3.05, 3.63) is 176 Å². The number of aromatic nitrogens is 3. The summed E-state index contributed by atoms with van der Waals surface area (Å²) in [6, 6.07) is 61.1. The van der Waals surface area contributed by atoms with Crippen molar-refractivity contribution in [2.24, 2.45) is 0 Å². The van der Waals surface area contributed by atoms with Gasteiger partial charge in [0, 0.05) is 21.9 Å². The van der Waals surface area contributed by atoms with E-state index >= 15 is 0 Å². The minimum absolute atomic E-state index is 0.562. The molecule has 2 aromatic heterocycles. The second kappa shape index (κ2) is 11.9. The maximum absolute atomic E-state index is 6.48. The van der Waals surface area contributed by atoms with Crippen LogP contribution in [0.2, 0.25) is 0 Å². The Hall–Kier alpha value is -6.91. The van der Waals surface area contributed by atoms with Crippen molar-refractivity contribution in [1.82, 2.24) is 15.0 Å². The molecule has 51 heavy (non-hydrogen) atoms. The molecule has 10 aromatic rings. The van der Waals surface area contributed by atoms with Gasteiger partial charge in [-0.3, -0.25) is 0 Å². The first-order chi connectivity index (χ1) is 25.3. The van der Waals surface area contributed by atoms with E-state index in [0.717, 1.165) is 60.5 Å².